The second-order valence-electron chi connectivity index (χ2n) is 3.28. The molecule has 0 unspecified atom stereocenters. The Morgan fingerprint density at radius 2 is 2.00 bits per heavy atom. The number of nitrogens with zero attached hydrogens (tertiary/aromatic N) is 1. The molecule has 0 atom stereocenters. The molecular weight excluding hydrogens is 255 g/mol. The van der Waals surface area contributed by atoms with Gasteiger partial charge in [-0.3, -0.25) is 4.99 Å². The van der Waals surface area contributed by atoms with Crippen molar-refractivity contribution in [3.05, 3.63) is 0 Å². The van der Waals surface area contributed by atoms with Gasteiger partial charge in [0.25, 0.3) is 0 Å². The van der Waals surface area contributed by atoms with Crippen molar-refractivity contribution in [2.75, 3.05) is 13.2 Å². The SMILES string of the molecule is CC(N)=NCC(C)(C)CO.I. The second kappa shape index (κ2) is 5.77. The van der Waals surface area contributed by atoms with Gasteiger partial charge in [-0.25, -0.2) is 0 Å². The number of aliphatic imine (C=N–C) groups is 1. The lowest BCUT2D eigenvalue weighted by Crippen LogP contribution is -2.22. The van der Waals surface area contributed by atoms with Gasteiger partial charge in [0.05, 0.1) is 5.84 Å². The van der Waals surface area contributed by atoms with E-state index in [0.717, 1.165) is 0 Å². The molecule has 11 heavy (non-hydrogen) atoms. The van der Waals surface area contributed by atoms with Crippen molar-refractivity contribution in [1.82, 2.24) is 0 Å². The zero-order chi connectivity index (χ0) is 8.20. The van der Waals surface area contributed by atoms with Crippen molar-refractivity contribution in [2.45, 2.75) is 20.8 Å². The fraction of sp³-hybridized carbons (Fsp3) is 0.857. The number of aliphatic hydroxyl groups excluding tert-OH is 1. The van der Waals surface area contributed by atoms with E-state index < -0.39 is 0 Å². The summed E-state index contributed by atoms with van der Waals surface area (Å²) in [6.07, 6.45) is 0. The van der Waals surface area contributed by atoms with Gasteiger partial charge in [0.15, 0.2) is 0 Å². The Bertz CT molecular complexity index is 130. The second-order valence-corrected chi connectivity index (χ2v) is 3.28. The molecule has 0 aliphatic carbocycles. The van der Waals surface area contributed by atoms with Crippen molar-refractivity contribution >= 4 is 29.8 Å². The van der Waals surface area contributed by atoms with Crippen LogP contribution < -0.4 is 5.73 Å². The van der Waals surface area contributed by atoms with E-state index in [1.165, 1.54) is 0 Å². The Morgan fingerprint density at radius 3 is 2.27 bits per heavy atom. The number of halogens is 1. The maximum Gasteiger partial charge on any atom is 0.0905 e. The molecular formula is C7H17IN2O. The normalized spacial score (nSPS) is 12.5. The van der Waals surface area contributed by atoms with Gasteiger partial charge in [0, 0.05) is 18.6 Å². The molecule has 0 heterocycles. The quantitative estimate of drug-likeness (QED) is 0.457. The summed E-state index contributed by atoms with van der Waals surface area (Å²) in [5.74, 6) is 0.571. The van der Waals surface area contributed by atoms with Crippen LogP contribution in [-0.2, 0) is 0 Å². The Balaban J connectivity index is 0. The lowest BCUT2D eigenvalue weighted by molar-refractivity contribution is 0.167. The molecule has 0 fully saturated rings. The predicted octanol–water partition coefficient (Wildman–Crippen LogP) is 1.00. The van der Waals surface area contributed by atoms with E-state index in [1.807, 2.05) is 13.8 Å². The highest BCUT2D eigenvalue weighted by Crippen LogP contribution is 2.12. The number of aliphatic hydroxyl groups is 1. The molecule has 0 spiro atoms. The minimum absolute atomic E-state index is 0. The van der Waals surface area contributed by atoms with Crippen LogP contribution in [0, 0.1) is 5.41 Å². The molecule has 0 aliphatic rings. The molecule has 0 aromatic rings. The zero-order valence-corrected chi connectivity index (χ0v) is 9.62. The third kappa shape index (κ3) is 8.06. The van der Waals surface area contributed by atoms with Crippen LogP contribution in [0.15, 0.2) is 4.99 Å². The van der Waals surface area contributed by atoms with Crippen LogP contribution in [0.3, 0.4) is 0 Å². The Morgan fingerprint density at radius 1 is 1.55 bits per heavy atom. The lowest BCUT2D eigenvalue weighted by atomic mass is 9.95. The summed E-state index contributed by atoms with van der Waals surface area (Å²) in [7, 11) is 0. The number of hydrogen-bond acceptors (Lipinski definition) is 2. The molecule has 0 aromatic heterocycles. The standard InChI is InChI=1S/C7H16N2O.HI/c1-6(8)9-4-7(2,3)5-10;/h10H,4-5H2,1-3H3,(H2,8,9);1H. The molecule has 3 N–H and O–H groups in total. The predicted molar refractivity (Wildman–Crippen MR) is 58.4 cm³/mol. The van der Waals surface area contributed by atoms with Gasteiger partial charge in [0.2, 0.25) is 0 Å². The van der Waals surface area contributed by atoms with Crippen LogP contribution in [0.4, 0.5) is 0 Å². The number of nitrogens with two attached hydrogens (primary N) is 1. The minimum atomic E-state index is -0.138. The number of rotatable bonds is 3. The van der Waals surface area contributed by atoms with E-state index in [2.05, 4.69) is 4.99 Å². The summed E-state index contributed by atoms with van der Waals surface area (Å²) in [4.78, 5) is 4.00. The highest BCUT2D eigenvalue weighted by Gasteiger charge is 2.14. The van der Waals surface area contributed by atoms with E-state index in [9.17, 15) is 0 Å². The minimum Gasteiger partial charge on any atom is -0.396 e. The van der Waals surface area contributed by atoms with Crippen molar-refractivity contribution in [3.63, 3.8) is 0 Å². The van der Waals surface area contributed by atoms with E-state index in [4.69, 9.17) is 10.8 Å². The first-order valence-electron chi connectivity index (χ1n) is 3.35. The molecule has 0 amide bonds. The Kier molecular flexibility index (Phi) is 7.20. The van der Waals surface area contributed by atoms with Gasteiger partial charge in [-0.15, -0.1) is 24.0 Å². The fourth-order valence-electron chi connectivity index (χ4n) is 0.389. The third-order valence-electron chi connectivity index (χ3n) is 1.18. The van der Waals surface area contributed by atoms with Crippen LogP contribution >= 0.6 is 24.0 Å². The van der Waals surface area contributed by atoms with Crippen molar-refractivity contribution < 1.29 is 5.11 Å². The molecule has 0 rings (SSSR count). The molecule has 68 valence electrons. The van der Waals surface area contributed by atoms with Gasteiger partial charge in [-0.05, 0) is 6.92 Å². The monoisotopic (exact) mass is 272 g/mol. The van der Waals surface area contributed by atoms with Gasteiger partial charge >= 0.3 is 0 Å². The van der Waals surface area contributed by atoms with Crippen molar-refractivity contribution in [1.29, 1.82) is 0 Å². The molecule has 0 radical (unpaired) electrons. The van der Waals surface area contributed by atoms with Crippen LogP contribution in [0.1, 0.15) is 20.8 Å². The smallest absolute Gasteiger partial charge is 0.0905 e. The Hall–Kier alpha value is 0.160. The number of hydrogen-bond donors (Lipinski definition) is 2. The highest BCUT2D eigenvalue weighted by atomic mass is 127. The van der Waals surface area contributed by atoms with Gasteiger partial charge < -0.3 is 10.8 Å². The molecule has 0 saturated carbocycles. The van der Waals surface area contributed by atoms with E-state index in [-0.39, 0.29) is 36.0 Å². The van der Waals surface area contributed by atoms with Gasteiger partial charge in [0.1, 0.15) is 0 Å². The fourth-order valence-corrected chi connectivity index (χ4v) is 0.389. The summed E-state index contributed by atoms with van der Waals surface area (Å²) in [5.41, 5.74) is 5.18. The first-order chi connectivity index (χ1) is 4.48. The van der Waals surface area contributed by atoms with Gasteiger partial charge in [-0.2, -0.15) is 0 Å². The molecule has 0 aromatic carbocycles. The largest absolute Gasteiger partial charge is 0.396 e. The maximum absolute atomic E-state index is 8.80. The zero-order valence-electron chi connectivity index (χ0n) is 7.29. The lowest BCUT2D eigenvalue weighted by Gasteiger charge is -2.18. The summed E-state index contributed by atoms with van der Waals surface area (Å²) in [5, 5.41) is 8.80. The molecule has 0 saturated heterocycles. The first-order valence-corrected chi connectivity index (χ1v) is 3.35. The maximum atomic E-state index is 8.80. The molecule has 0 aliphatic heterocycles. The summed E-state index contributed by atoms with van der Waals surface area (Å²) in [6.45, 7) is 6.36. The van der Waals surface area contributed by atoms with E-state index in [0.29, 0.717) is 12.4 Å². The Labute approximate surface area is 85.1 Å². The van der Waals surface area contributed by atoms with Crippen LogP contribution in [0.2, 0.25) is 0 Å². The first kappa shape index (κ1) is 13.7. The van der Waals surface area contributed by atoms with Crippen molar-refractivity contribution in [2.24, 2.45) is 16.1 Å². The third-order valence-corrected chi connectivity index (χ3v) is 1.18. The molecule has 0 bridgehead atoms. The average molecular weight is 272 g/mol. The summed E-state index contributed by atoms with van der Waals surface area (Å²) in [6, 6.07) is 0. The summed E-state index contributed by atoms with van der Waals surface area (Å²) < 4.78 is 0. The van der Waals surface area contributed by atoms with Crippen LogP contribution in [0.25, 0.3) is 0 Å². The topological polar surface area (TPSA) is 58.6 Å². The number of amidine groups is 1. The average Bonchev–Trinajstić information content (AvgIpc) is 1.85. The van der Waals surface area contributed by atoms with Crippen LogP contribution in [0.5, 0.6) is 0 Å². The highest BCUT2D eigenvalue weighted by molar-refractivity contribution is 14.0. The molecule has 3 nitrogen and oxygen atoms in total. The van der Waals surface area contributed by atoms with Crippen molar-refractivity contribution in [3.8, 4) is 0 Å². The molecule has 4 heteroatoms. The van der Waals surface area contributed by atoms with Crippen LogP contribution in [-0.4, -0.2) is 24.1 Å². The van der Waals surface area contributed by atoms with E-state index in [1.54, 1.807) is 6.92 Å². The van der Waals surface area contributed by atoms with Gasteiger partial charge in [-0.1, -0.05) is 13.8 Å². The summed E-state index contributed by atoms with van der Waals surface area (Å²) >= 11 is 0. The van der Waals surface area contributed by atoms with E-state index >= 15 is 0 Å².